The van der Waals surface area contributed by atoms with Crippen LogP contribution in [0.25, 0.3) is 16.7 Å². The fraction of sp³-hybridized carbons (Fsp3) is 0.389. The van der Waals surface area contributed by atoms with Crippen molar-refractivity contribution in [3.05, 3.63) is 39.8 Å². The quantitative estimate of drug-likeness (QED) is 0.734. The molecule has 1 aliphatic heterocycles. The van der Waals surface area contributed by atoms with Gasteiger partial charge in [0.2, 0.25) is 5.95 Å². The molecule has 3 aromatic rings. The highest BCUT2D eigenvalue weighted by atomic mass is 19.3. The highest BCUT2D eigenvalue weighted by Crippen LogP contribution is 2.26. The van der Waals surface area contributed by atoms with Crippen molar-refractivity contribution in [2.75, 3.05) is 31.2 Å². The van der Waals surface area contributed by atoms with Crippen molar-refractivity contribution >= 4 is 17.0 Å². The predicted molar refractivity (Wildman–Crippen MR) is 98.6 cm³/mol. The number of rotatable bonds is 4. The lowest BCUT2D eigenvalue weighted by Crippen LogP contribution is -2.38. The number of anilines is 1. The van der Waals surface area contributed by atoms with Gasteiger partial charge in [0.25, 0.3) is 5.56 Å². The number of aromatic nitrogens is 4. The molecule has 2 aromatic heterocycles. The van der Waals surface area contributed by atoms with Crippen LogP contribution in [0.3, 0.4) is 0 Å². The summed E-state index contributed by atoms with van der Waals surface area (Å²) in [6.07, 6.45) is 1.59. The summed E-state index contributed by atoms with van der Waals surface area (Å²) < 4.78 is 36.3. The molecule has 0 amide bonds. The molecule has 10 heteroatoms. The predicted octanol–water partition coefficient (Wildman–Crippen LogP) is 2.16. The van der Waals surface area contributed by atoms with E-state index in [1.807, 2.05) is 4.90 Å². The molecule has 3 heterocycles. The average molecular weight is 391 g/mol. The van der Waals surface area contributed by atoms with E-state index < -0.39 is 6.61 Å². The van der Waals surface area contributed by atoms with E-state index in [4.69, 9.17) is 4.74 Å². The Bertz CT molecular complexity index is 1050. The summed E-state index contributed by atoms with van der Waals surface area (Å²) in [7, 11) is 0. The van der Waals surface area contributed by atoms with Crippen molar-refractivity contribution in [1.29, 1.82) is 0 Å². The first-order valence-electron chi connectivity index (χ1n) is 8.81. The topological polar surface area (TPSA) is 85.3 Å². The summed E-state index contributed by atoms with van der Waals surface area (Å²) in [5.74, 6) is 0.538. The van der Waals surface area contributed by atoms with E-state index in [-0.39, 0.29) is 11.3 Å². The highest BCUT2D eigenvalue weighted by molar-refractivity contribution is 5.75. The summed E-state index contributed by atoms with van der Waals surface area (Å²) in [5.41, 5.74) is 2.09. The van der Waals surface area contributed by atoms with Gasteiger partial charge in [-0.3, -0.25) is 9.78 Å². The van der Waals surface area contributed by atoms with Gasteiger partial charge in [-0.2, -0.15) is 13.8 Å². The number of benzene rings is 1. The van der Waals surface area contributed by atoms with Crippen molar-refractivity contribution in [3.8, 4) is 11.4 Å². The minimum atomic E-state index is -2.89. The third kappa shape index (κ3) is 3.42. The van der Waals surface area contributed by atoms with Crippen LogP contribution in [0.15, 0.2) is 23.1 Å². The number of aromatic amines is 1. The molecule has 0 atom stereocenters. The van der Waals surface area contributed by atoms with Gasteiger partial charge in [-0.25, -0.2) is 4.68 Å². The van der Waals surface area contributed by atoms with Gasteiger partial charge in [-0.1, -0.05) is 0 Å². The minimum absolute atomic E-state index is 0.0797. The Labute approximate surface area is 158 Å². The zero-order chi connectivity index (χ0) is 19.8. The maximum atomic E-state index is 12.5. The van der Waals surface area contributed by atoms with Gasteiger partial charge in [-0.15, -0.1) is 5.10 Å². The van der Waals surface area contributed by atoms with Crippen molar-refractivity contribution in [2.45, 2.75) is 20.5 Å². The van der Waals surface area contributed by atoms with Crippen LogP contribution in [0.2, 0.25) is 0 Å². The number of ether oxygens (including phenoxy) is 2. The largest absolute Gasteiger partial charge is 0.435 e. The van der Waals surface area contributed by atoms with Gasteiger partial charge in [0.05, 0.1) is 18.9 Å². The molecular formula is C18H19F2N5O3. The third-order valence-corrected chi connectivity index (χ3v) is 4.61. The van der Waals surface area contributed by atoms with E-state index in [2.05, 4.69) is 19.8 Å². The second-order valence-electron chi connectivity index (χ2n) is 6.58. The van der Waals surface area contributed by atoms with E-state index >= 15 is 0 Å². The first-order chi connectivity index (χ1) is 13.4. The number of alkyl halides is 2. The van der Waals surface area contributed by atoms with Gasteiger partial charge in [0, 0.05) is 19.3 Å². The molecule has 8 nitrogen and oxygen atoms in total. The van der Waals surface area contributed by atoms with Gasteiger partial charge >= 0.3 is 6.61 Å². The Kier molecular flexibility index (Phi) is 4.71. The molecule has 1 aliphatic rings. The molecule has 1 saturated heterocycles. The maximum Gasteiger partial charge on any atom is 0.387 e. The van der Waals surface area contributed by atoms with E-state index in [1.165, 1.54) is 12.1 Å². The Morgan fingerprint density at radius 3 is 2.54 bits per heavy atom. The van der Waals surface area contributed by atoms with Crippen LogP contribution < -0.4 is 15.2 Å². The molecule has 0 radical (unpaired) electrons. The number of nitrogens with zero attached hydrogens (tertiary/aromatic N) is 4. The Morgan fingerprint density at radius 2 is 1.89 bits per heavy atom. The molecule has 1 N–H and O–H groups in total. The van der Waals surface area contributed by atoms with Crippen molar-refractivity contribution < 1.29 is 18.3 Å². The summed E-state index contributed by atoms with van der Waals surface area (Å²) in [6, 6.07) is 3.02. The summed E-state index contributed by atoms with van der Waals surface area (Å²) >= 11 is 0. The summed E-state index contributed by atoms with van der Waals surface area (Å²) in [5, 5.41) is 4.80. The van der Waals surface area contributed by atoms with Gasteiger partial charge in [0.15, 0.2) is 5.65 Å². The number of hydrogen-bond donors (Lipinski definition) is 1. The fourth-order valence-electron chi connectivity index (χ4n) is 3.39. The third-order valence-electron chi connectivity index (χ3n) is 4.61. The zero-order valence-corrected chi connectivity index (χ0v) is 15.4. The molecule has 1 fully saturated rings. The molecule has 4 rings (SSSR count). The summed E-state index contributed by atoms with van der Waals surface area (Å²) in [4.78, 5) is 21.7. The van der Waals surface area contributed by atoms with E-state index in [1.54, 1.807) is 24.7 Å². The number of H-pyrrole nitrogens is 1. The Morgan fingerprint density at radius 1 is 1.21 bits per heavy atom. The molecule has 0 aliphatic carbocycles. The average Bonchev–Trinajstić information content (AvgIpc) is 3.05. The lowest BCUT2D eigenvalue weighted by Gasteiger charge is -2.26. The van der Waals surface area contributed by atoms with Crippen LogP contribution in [0.1, 0.15) is 11.1 Å². The smallest absolute Gasteiger partial charge is 0.387 e. The molecule has 28 heavy (non-hydrogen) atoms. The van der Waals surface area contributed by atoms with Gasteiger partial charge in [0.1, 0.15) is 11.1 Å². The van der Waals surface area contributed by atoms with E-state index in [0.717, 1.165) is 0 Å². The Hall–Kier alpha value is -3.01. The normalized spacial score (nSPS) is 14.8. The molecule has 0 unspecified atom stereocenters. The van der Waals surface area contributed by atoms with Crippen molar-refractivity contribution in [3.63, 3.8) is 0 Å². The zero-order valence-electron chi connectivity index (χ0n) is 15.4. The Balaban J connectivity index is 1.76. The number of fused-ring (bicyclic) bond motifs is 1. The number of nitrogens with one attached hydrogen (secondary N) is 1. The van der Waals surface area contributed by atoms with E-state index in [0.29, 0.717) is 60.1 Å². The van der Waals surface area contributed by atoms with E-state index in [9.17, 15) is 13.6 Å². The van der Waals surface area contributed by atoms with Crippen LogP contribution in [0.5, 0.6) is 5.75 Å². The van der Waals surface area contributed by atoms with Gasteiger partial charge < -0.3 is 14.4 Å². The van der Waals surface area contributed by atoms with Crippen LogP contribution in [0.4, 0.5) is 14.7 Å². The number of morpholine rings is 1. The second kappa shape index (κ2) is 7.19. The molecule has 0 saturated carbocycles. The minimum Gasteiger partial charge on any atom is -0.435 e. The van der Waals surface area contributed by atoms with Crippen LogP contribution >= 0.6 is 0 Å². The van der Waals surface area contributed by atoms with Crippen molar-refractivity contribution in [1.82, 2.24) is 19.7 Å². The first-order valence-corrected chi connectivity index (χ1v) is 8.81. The van der Waals surface area contributed by atoms with Crippen LogP contribution in [-0.4, -0.2) is 52.7 Å². The second-order valence-corrected chi connectivity index (χ2v) is 6.58. The molecule has 148 valence electrons. The van der Waals surface area contributed by atoms with Crippen molar-refractivity contribution in [2.24, 2.45) is 0 Å². The monoisotopic (exact) mass is 391 g/mol. The summed E-state index contributed by atoms with van der Waals surface area (Å²) in [6.45, 7) is 3.06. The lowest BCUT2D eigenvalue weighted by molar-refractivity contribution is -0.0498. The van der Waals surface area contributed by atoms with Crippen LogP contribution in [0, 0.1) is 13.8 Å². The molecule has 0 bridgehead atoms. The number of halogens is 2. The highest BCUT2D eigenvalue weighted by Gasteiger charge is 2.18. The van der Waals surface area contributed by atoms with Gasteiger partial charge in [-0.05, 0) is 37.1 Å². The maximum absolute atomic E-state index is 12.5. The van der Waals surface area contributed by atoms with Crippen LogP contribution in [-0.2, 0) is 4.74 Å². The lowest BCUT2D eigenvalue weighted by atomic mass is 10.1. The molecule has 0 spiro atoms. The fourth-order valence-corrected chi connectivity index (χ4v) is 3.39. The standard InChI is InChI=1S/C18H19F2N5O3/c1-10-7-12(28-17(19)20)8-11(2)14(10)25-9-13-15(23-25)21-18(22-16(13)26)24-3-5-27-6-4-24/h7-9,17H,3-6H2,1-2H3,(H,21,22,23,26). The first kappa shape index (κ1) is 18.4. The number of aryl methyl sites for hydroxylation is 2. The number of hydrogen-bond acceptors (Lipinski definition) is 6. The molecule has 1 aromatic carbocycles. The molecular weight excluding hydrogens is 372 g/mol. The SMILES string of the molecule is Cc1cc(OC(F)F)cc(C)c1-n1cc2c(=O)[nH]c(N3CCOCC3)nc2n1.